The van der Waals surface area contributed by atoms with Gasteiger partial charge in [0.15, 0.2) is 0 Å². The van der Waals surface area contributed by atoms with Gasteiger partial charge in [-0.05, 0) is 36.6 Å². The first-order valence-corrected chi connectivity index (χ1v) is 7.70. The van der Waals surface area contributed by atoms with Crippen molar-refractivity contribution in [2.24, 2.45) is 5.92 Å². The zero-order valence-corrected chi connectivity index (χ0v) is 13.5. The number of hydrogen-bond acceptors (Lipinski definition) is 3. The van der Waals surface area contributed by atoms with Gasteiger partial charge in [-0.3, -0.25) is 9.59 Å². The van der Waals surface area contributed by atoms with E-state index >= 15 is 0 Å². The minimum absolute atomic E-state index is 0.0661. The maximum Gasteiger partial charge on any atom is 0.310 e. The second kappa shape index (κ2) is 7.41. The van der Waals surface area contributed by atoms with E-state index in [0.29, 0.717) is 13.1 Å². The Morgan fingerprint density at radius 2 is 2.24 bits per heavy atom. The van der Waals surface area contributed by atoms with Gasteiger partial charge in [0, 0.05) is 23.6 Å². The molecule has 1 amide bonds. The Hall–Kier alpha value is -1.62. The van der Waals surface area contributed by atoms with E-state index in [1.807, 2.05) is 24.3 Å². The van der Waals surface area contributed by atoms with Crippen LogP contribution in [0.2, 0.25) is 0 Å². The molecule has 1 aromatic rings. The Morgan fingerprint density at radius 3 is 2.95 bits per heavy atom. The average molecular weight is 352 g/mol. The quantitative estimate of drug-likeness (QED) is 0.621. The highest BCUT2D eigenvalue weighted by Crippen LogP contribution is 2.18. The number of ether oxygens (including phenoxy) is 1. The van der Waals surface area contributed by atoms with Crippen molar-refractivity contribution in [2.75, 3.05) is 20.2 Å². The third-order valence-electron chi connectivity index (χ3n) is 3.53. The summed E-state index contributed by atoms with van der Waals surface area (Å²) in [7, 11) is 1.39. The van der Waals surface area contributed by atoms with Crippen LogP contribution in [0.5, 0.6) is 0 Å². The fourth-order valence-electron chi connectivity index (χ4n) is 2.42. The maximum absolute atomic E-state index is 12.2. The van der Waals surface area contributed by atoms with Crippen molar-refractivity contribution in [1.82, 2.24) is 4.90 Å². The van der Waals surface area contributed by atoms with Gasteiger partial charge in [-0.2, -0.15) is 0 Å². The van der Waals surface area contributed by atoms with Crippen molar-refractivity contribution < 1.29 is 14.3 Å². The van der Waals surface area contributed by atoms with Crippen molar-refractivity contribution in [3.05, 3.63) is 40.4 Å². The summed E-state index contributed by atoms with van der Waals surface area (Å²) < 4.78 is 5.73. The summed E-state index contributed by atoms with van der Waals surface area (Å²) in [5, 5.41) is 0. The van der Waals surface area contributed by atoms with Crippen LogP contribution in [-0.2, 0) is 14.3 Å². The number of methoxy groups -OCH3 is 1. The van der Waals surface area contributed by atoms with Crippen LogP contribution in [0, 0.1) is 5.92 Å². The maximum atomic E-state index is 12.2. The van der Waals surface area contributed by atoms with E-state index < -0.39 is 0 Å². The molecule has 0 radical (unpaired) electrons. The fourth-order valence-corrected chi connectivity index (χ4v) is 2.84. The van der Waals surface area contributed by atoms with E-state index in [1.165, 1.54) is 7.11 Å². The van der Waals surface area contributed by atoms with Crippen molar-refractivity contribution >= 4 is 33.9 Å². The lowest BCUT2D eigenvalue weighted by atomic mass is 9.98. The lowest BCUT2D eigenvalue weighted by Crippen LogP contribution is -2.41. The van der Waals surface area contributed by atoms with Gasteiger partial charge in [-0.25, -0.2) is 0 Å². The van der Waals surface area contributed by atoms with Gasteiger partial charge in [0.1, 0.15) is 0 Å². The molecule has 112 valence electrons. The lowest BCUT2D eigenvalue weighted by Gasteiger charge is -2.30. The Kier molecular flexibility index (Phi) is 5.56. The Morgan fingerprint density at radius 1 is 1.43 bits per heavy atom. The first-order valence-electron chi connectivity index (χ1n) is 6.90. The van der Waals surface area contributed by atoms with Crippen molar-refractivity contribution in [2.45, 2.75) is 12.8 Å². The molecule has 5 heteroatoms. The first kappa shape index (κ1) is 15.8. The summed E-state index contributed by atoms with van der Waals surface area (Å²) >= 11 is 3.40. The van der Waals surface area contributed by atoms with Gasteiger partial charge in [0.25, 0.3) is 0 Å². The van der Waals surface area contributed by atoms with Crippen LogP contribution in [0.3, 0.4) is 0 Å². The third kappa shape index (κ3) is 4.43. The molecule has 4 nitrogen and oxygen atoms in total. The number of carbonyl (C=O) groups excluding carboxylic acids is 2. The number of likely N-dealkylation sites (tertiary alicyclic amines) is 1. The average Bonchev–Trinajstić information content (AvgIpc) is 2.52. The van der Waals surface area contributed by atoms with Gasteiger partial charge in [-0.15, -0.1) is 0 Å². The van der Waals surface area contributed by atoms with Crippen LogP contribution >= 0.6 is 15.9 Å². The lowest BCUT2D eigenvalue weighted by molar-refractivity contribution is -0.148. The van der Waals surface area contributed by atoms with Crippen molar-refractivity contribution in [3.8, 4) is 0 Å². The van der Waals surface area contributed by atoms with Crippen LogP contribution < -0.4 is 0 Å². The molecule has 1 aromatic carbocycles. The third-order valence-corrected chi connectivity index (χ3v) is 4.03. The second-order valence-electron chi connectivity index (χ2n) is 5.03. The molecular weight excluding hydrogens is 334 g/mol. The standard InChI is InChI=1S/C16H18BrNO3/c1-21-16(20)13-5-3-9-18(11-13)15(19)8-7-12-4-2-6-14(17)10-12/h2,4,6-8,10,13H,3,5,9,11H2,1H3/b8-7+/t13-/m0/s1. The topological polar surface area (TPSA) is 46.6 Å². The van der Waals surface area contributed by atoms with Crippen molar-refractivity contribution in [1.29, 1.82) is 0 Å². The Labute approximate surface area is 132 Å². The summed E-state index contributed by atoms with van der Waals surface area (Å²) in [6, 6.07) is 7.73. The predicted molar refractivity (Wildman–Crippen MR) is 84.5 cm³/mol. The molecular formula is C16H18BrNO3. The van der Waals surface area contributed by atoms with E-state index in [0.717, 1.165) is 22.9 Å². The van der Waals surface area contributed by atoms with Gasteiger partial charge in [-0.1, -0.05) is 28.1 Å². The molecule has 0 aromatic heterocycles. The van der Waals surface area contributed by atoms with Gasteiger partial charge in [0.05, 0.1) is 13.0 Å². The monoisotopic (exact) mass is 351 g/mol. The normalized spacial score (nSPS) is 18.8. The van der Waals surface area contributed by atoms with Crippen LogP contribution in [0.25, 0.3) is 6.08 Å². The van der Waals surface area contributed by atoms with Crippen LogP contribution in [0.1, 0.15) is 18.4 Å². The molecule has 0 unspecified atom stereocenters. The van der Waals surface area contributed by atoms with Gasteiger partial charge >= 0.3 is 5.97 Å². The summed E-state index contributed by atoms with van der Waals surface area (Å²) in [4.78, 5) is 25.5. The number of nitrogens with zero attached hydrogens (tertiary/aromatic N) is 1. The number of hydrogen-bond donors (Lipinski definition) is 0. The molecule has 21 heavy (non-hydrogen) atoms. The van der Waals surface area contributed by atoms with Crippen molar-refractivity contribution in [3.63, 3.8) is 0 Å². The van der Waals surface area contributed by atoms with Crippen LogP contribution in [0.15, 0.2) is 34.8 Å². The number of halogens is 1. The smallest absolute Gasteiger partial charge is 0.310 e. The fraction of sp³-hybridized carbons (Fsp3) is 0.375. The molecule has 1 fully saturated rings. The summed E-state index contributed by atoms with van der Waals surface area (Å²) in [6.07, 6.45) is 4.96. The van der Waals surface area contributed by atoms with Crippen LogP contribution in [0.4, 0.5) is 0 Å². The molecule has 0 aliphatic carbocycles. The second-order valence-corrected chi connectivity index (χ2v) is 5.95. The molecule has 0 bridgehead atoms. The molecule has 1 aliphatic rings. The van der Waals surface area contributed by atoms with E-state index in [-0.39, 0.29) is 17.8 Å². The van der Waals surface area contributed by atoms with Gasteiger partial charge in [0.2, 0.25) is 5.91 Å². The minimum atomic E-state index is -0.233. The molecule has 1 atom stereocenters. The summed E-state index contributed by atoms with van der Waals surface area (Å²) in [6.45, 7) is 1.13. The molecule has 1 aliphatic heterocycles. The number of rotatable bonds is 3. The van der Waals surface area contributed by atoms with Crippen LogP contribution in [-0.4, -0.2) is 37.0 Å². The number of esters is 1. The molecule has 2 rings (SSSR count). The van der Waals surface area contributed by atoms with E-state index in [9.17, 15) is 9.59 Å². The number of amides is 1. The zero-order valence-electron chi connectivity index (χ0n) is 11.9. The SMILES string of the molecule is COC(=O)[C@H]1CCCN(C(=O)/C=C/c2cccc(Br)c2)C1. The van der Waals surface area contributed by atoms with E-state index in [2.05, 4.69) is 15.9 Å². The predicted octanol–water partition coefficient (Wildman–Crippen LogP) is 2.87. The highest BCUT2D eigenvalue weighted by Gasteiger charge is 2.28. The number of carbonyl (C=O) groups is 2. The highest BCUT2D eigenvalue weighted by molar-refractivity contribution is 9.10. The largest absolute Gasteiger partial charge is 0.469 e. The number of piperidine rings is 1. The van der Waals surface area contributed by atoms with E-state index in [1.54, 1.807) is 17.1 Å². The summed E-state index contributed by atoms with van der Waals surface area (Å²) in [5.74, 6) is -0.501. The molecule has 0 spiro atoms. The molecule has 1 saturated heterocycles. The molecule has 0 N–H and O–H groups in total. The molecule has 0 saturated carbocycles. The highest BCUT2D eigenvalue weighted by atomic mass is 79.9. The van der Waals surface area contributed by atoms with Gasteiger partial charge < -0.3 is 9.64 Å². The number of benzene rings is 1. The molecule has 1 heterocycles. The Bertz CT molecular complexity index is 556. The Balaban J connectivity index is 1.98. The zero-order chi connectivity index (χ0) is 15.2. The summed E-state index contributed by atoms with van der Waals surface area (Å²) in [5.41, 5.74) is 0.958. The van der Waals surface area contributed by atoms with E-state index in [4.69, 9.17) is 4.74 Å². The minimum Gasteiger partial charge on any atom is -0.469 e. The first-order chi connectivity index (χ1) is 10.1.